The Labute approximate surface area is 395 Å². The van der Waals surface area contributed by atoms with Gasteiger partial charge in [-0.05, 0) is 70.8 Å². The Morgan fingerprint density at radius 1 is 0.448 bits per heavy atom. The van der Waals surface area contributed by atoms with E-state index in [1.54, 1.807) is 20.3 Å². The highest BCUT2D eigenvalue weighted by molar-refractivity contribution is 5.67. The molecule has 0 aromatic heterocycles. The van der Waals surface area contributed by atoms with Crippen LogP contribution in [0.3, 0.4) is 0 Å². The number of carbonyl (C=O) groups is 2. The summed E-state index contributed by atoms with van der Waals surface area (Å²) in [5.74, 6) is -0.114. The van der Waals surface area contributed by atoms with Gasteiger partial charge < -0.3 is 63.2 Å². The summed E-state index contributed by atoms with van der Waals surface area (Å²) >= 11 is 0. The van der Waals surface area contributed by atoms with Gasteiger partial charge in [-0.25, -0.2) is 9.59 Å². The summed E-state index contributed by atoms with van der Waals surface area (Å²) in [7, 11) is 15.0. The van der Waals surface area contributed by atoms with Crippen molar-refractivity contribution in [2.45, 2.75) is 51.4 Å². The van der Waals surface area contributed by atoms with Crippen LogP contribution < -0.4 is 44.3 Å². The van der Waals surface area contributed by atoms with Crippen molar-refractivity contribution in [3.8, 4) is 23.0 Å². The molecule has 360 valence electrons. The van der Waals surface area contributed by atoms with Gasteiger partial charge in [-0.15, -0.1) is 0 Å². The van der Waals surface area contributed by atoms with Crippen LogP contribution in [0, 0.1) is 0 Å². The van der Waals surface area contributed by atoms with E-state index in [0.717, 1.165) is 50.8 Å². The minimum atomic E-state index is -1.23. The molecule has 0 spiro atoms. The summed E-state index contributed by atoms with van der Waals surface area (Å²) in [6.07, 6.45) is -0.447. The van der Waals surface area contributed by atoms with E-state index < -0.39 is 23.8 Å². The van der Waals surface area contributed by atoms with Crippen molar-refractivity contribution in [1.82, 2.24) is 10.6 Å². The molecule has 0 aliphatic rings. The summed E-state index contributed by atoms with van der Waals surface area (Å²) in [4.78, 5) is 31.3. The average Bonchev–Trinajstić information content (AvgIpc) is 3.31. The van der Waals surface area contributed by atoms with Crippen molar-refractivity contribution in [2.75, 3.05) is 97.6 Å². The van der Waals surface area contributed by atoms with Gasteiger partial charge in [-0.3, -0.25) is 0 Å². The average molecular weight is 922 g/mol. The number of benzene rings is 5. The second-order valence-electron chi connectivity index (χ2n) is 16.9. The molecule has 67 heavy (non-hydrogen) atoms. The van der Waals surface area contributed by atoms with E-state index >= 15 is 0 Å². The highest BCUT2D eigenvalue weighted by Gasteiger charge is 2.32. The third-order valence-corrected chi connectivity index (χ3v) is 10.6. The number of nitrogens with one attached hydrogen (secondary N) is 2. The summed E-state index contributed by atoms with van der Waals surface area (Å²) in [5, 5.41) is 5.60. The Morgan fingerprint density at radius 3 is 1.12 bits per heavy atom. The van der Waals surface area contributed by atoms with Gasteiger partial charge in [0.25, 0.3) is 0 Å². The Bertz CT molecular complexity index is 2140. The molecule has 0 aliphatic carbocycles. The number of hydrogen-bond donors (Lipinski definition) is 2. The molecule has 0 radical (unpaired) electrons. The van der Waals surface area contributed by atoms with Crippen LogP contribution in [0.5, 0.6) is 23.0 Å². The quantitative estimate of drug-likeness (QED) is 0.0428. The lowest BCUT2D eigenvalue weighted by atomic mass is 10.1. The molecule has 2 N–H and O–H groups in total. The van der Waals surface area contributed by atoms with Crippen LogP contribution in [0.1, 0.15) is 36.1 Å². The molecule has 0 aliphatic heterocycles. The first-order chi connectivity index (χ1) is 32.0. The van der Waals surface area contributed by atoms with Gasteiger partial charge in [0.05, 0.1) is 27.4 Å². The Hall–Kier alpha value is -6.84. The second kappa shape index (κ2) is 24.6. The molecule has 5 rings (SSSR count). The summed E-state index contributed by atoms with van der Waals surface area (Å²) in [6.45, 7) is 4.38. The molecule has 15 heteroatoms. The smallest absolute Gasteiger partial charge is 0.407 e. The van der Waals surface area contributed by atoms with Crippen molar-refractivity contribution in [1.29, 1.82) is 0 Å². The first kappa shape index (κ1) is 51.1. The number of hydrogen-bond acceptors (Lipinski definition) is 13. The van der Waals surface area contributed by atoms with E-state index in [2.05, 4.69) is 10.6 Å². The maximum absolute atomic E-state index is 12.7. The van der Waals surface area contributed by atoms with Crippen LogP contribution in [0.4, 0.5) is 26.7 Å². The molecule has 0 saturated carbocycles. The minimum absolute atomic E-state index is 0.0175. The molecule has 0 fully saturated rings. The monoisotopic (exact) mass is 921 g/mol. The number of methoxy groups -OCH3 is 2. The second-order valence-corrected chi connectivity index (χ2v) is 16.9. The standard InChI is InChI=1S/C52H67N5O10/c1-51(34-38-15-23-45(60-9)24-16-38,64-29-27-62-49(58)53-36-40-11-19-42(20-12-40)55(3)4)66-47-31-44(57(7)8)32-48(33-47)67-52(2,35-39-17-25-46(61-10)26-18-39)65-30-28-63-50(59)54-37-41-13-21-43(22-14-41)56(5)6/h11-26,31-33H,27-30,34-37H2,1-10H3,(H,53,58)(H,54,59). The van der Waals surface area contributed by atoms with Crippen molar-refractivity contribution >= 4 is 29.2 Å². The van der Waals surface area contributed by atoms with Crippen LogP contribution in [-0.2, 0) is 44.9 Å². The third-order valence-electron chi connectivity index (χ3n) is 10.6. The van der Waals surface area contributed by atoms with Gasteiger partial charge in [0.1, 0.15) is 36.2 Å². The predicted octanol–water partition coefficient (Wildman–Crippen LogP) is 8.46. The third kappa shape index (κ3) is 16.8. The van der Waals surface area contributed by atoms with Crippen LogP contribution in [-0.4, -0.2) is 107 Å². The fraction of sp³-hybridized carbons (Fsp3) is 0.385. The highest BCUT2D eigenvalue weighted by atomic mass is 16.7. The minimum Gasteiger partial charge on any atom is -0.497 e. The molecule has 5 aromatic rings. The molecule has 2 unspecified atom stereocenters. The maximum atomic E-state index is 12.7. The number of amides is 2. The molecule has 2 atom stereocenters. The van der Waals surface area contributed by atoms with Crippen molar-refractivity contribution in [3.63, 3.8) is 0 Å². The van der Waals surface area contributed by atoms with Gasteiger partial charge in [0.2, 0.25) is 11.6 Å². The molecular formula is C52H67N5O10. The van der Waals surface area contributed by atoms with Crippen molar-refractivity contribution in [3.05, 3.63) is 138 Å². The molecular weight excluding hydrogens is 855 g/mol. The summed E-state index contributed by atoms with van der Waals surface area (Å²) < 4.78 is 48.1. The predicted molar refractivity (Wildman–Crippen MR) is 262 cm³/mol. The SMILES string of the molecule is COc1ccc(CC(C)(OCCOC(=O)NCc2ccc(N(C)C)cc2)Oc2cc(OC(C)(Cc3ccc(OC)cc3)OCCOC(=O)NCc3ccc(N(C)C)cc3)cc(N(C)C)c2)cc1. The largest absolute Gasteiger partial charge is 0.497 e. The summed E-state index contributed by atoms with van der Waals surface area (Å²) in [5.41, 5.74) is 6.67. The van der Waals surface area contributed by atoms with E-state index in [9.17, 15) is 9.59 Å². The number of alkyl carbamates (subject to hydrolysis) is 2. The van der Waals surface area contributed by atoms with Crippen LogP contribution in [0.2, 0.25) is 0 Å². The zero-order chi connectivity index (χ0) is 48.4. The molecule has 2 amide bonds. The van der Waals surface area contributed by atoms with E-state index in [1.165, 1.54) is 0 Å². The lowest BCUT2D eigenvalue weighted by Gasteiger charge is -2.33. The van der Waals surface area contributed by atoms with Gasteiger partial charge >= 0.3 is 12.2 Å². The van der Waals surface area contributed by atoms with E-state index in [-0.39, 0.29) is 26.4 Å². The lowest BCUT2D eigenvalue weighted by Crippen LogP contribution is -2.40. The van der Waals surface area contributed by atoms with E-state index in [1.807, 2.05) is 180 Å². The fourth-order valence-corrected chi connectivity index (χ4v) is 6.95. The maximum Gasteiger partial charge on any atom is 0.407 e. The van der Waals surface area contributed by atoms with Crippen LogP contribution >= 0.6 is 0 Å². The number of nitrogens with zero attached hydrogens (tertiary/aromatic N) is 3. The molecule has 0 heterocycles. The molecule has 0 saturated heterocycles. The highest BCUT2D eigenvalue weighted by Crippen LogP contribution is 2.35. The Kier molecular flexibility index (Phi) is 18.8. The first-order valence-electron chi connectivity index (χ1n) is 22.1. The van der Waals surface area contributed by atoms with Gasteiger partial charge in [0.15, 0.2) is 0 Å². The number of ether oxygens (including phenoxy) is 8. The van der Waals surface area contributed by atoms with E-state index in [0.29, 0.717) is 37.4 Å². The Morgan fingerprint density at radius 2 is 0.791 bits per heavy atom. The molecule has 15 nitrogen and oxygen atoms in total. The number of rotatable bonds is 25. The van der Waals surface area contributed by atoms with Crippen molar-refractivity contribution in [2.24, 2.45) is 0 Å². The van der Waals surface area contributed by atoms with Crippen molar-refractivity contribution < 1.29 is 47.5 Å². The van der Waals surface area contributed by atoms with Crippen LogP contribution in [0.15, 0.2) is 115 Å². The fourth-order valence-electron chi connectivity index (χ4n) is 6.95. The van der Waals surface area contributed by atoms with Gasteiger partial charge in [-0.1, -0.05) is 48.5 Å². The van der Waals surface area contributed by atoms with Crippen LogP contribution in [0.25, 0.3) is 0 Å². The molecule has 0 bridgehead atoms. The van der Waals surface area contributed by atoms with Gasteiger partial charge in [0, 0.05) is 117 Å². The zero-order valence-corrected chi connectivity index (χ0v) is 40.6. The van der Waals surface area contributed by atoms with E-state index in [4.69, 9.17) is 37.9 Å². The zero-order valence-electron chi connectivity index (χ0n) is 40.6. The number of anilines is 3. The summed E-state index contributed by atoms with van der Waals surface area (Å²) in [6, 6.07) is 36.7. The lowest BCUT2D eigenvalue weighted by molar-refractivity contribution is -0.177. The Balaban J connectivity index is 1.28. The van der Waals surface area contributed by atoms with Gasteiger partial charge in [-0.2, -0.15) is 0 Å². The topological polar surface area (TPSA) is 142 Å². The normalized spacial score (nSPS) is 12.7. The first-order valence-corrected chi connectivity index (χ1v) is 22.1. The molecule has 5 aromatic carbocycles. The number of carbonyl (C=O) groups excluding carboxylic acids is 2.